The summed E-state index contributed by atoms with van der Waals surface area (Å²) in [6.07, 6.45) is -15.3. The van der Waals surface area contributed by atoms with Gasteiger partial charge in [-0.1, -0.05) is 18.2 Å². The zero-order valence-electron chi connectivity index (χ0n) is 12.6. The minimum Gasteiger partial charge on any atom is -0.313 e. The molecule has 0 radical (unpaired) electrons. The van der Waals surface area contributed by atoms with Crippen LogP contribution >= 0.6 is 8.25 Å². The number of amides is 1. The molecule has 0 spiro atoms. The highest BCUT2D eigenvalue weighted by molar-refractivity contribution is 7.32. The van der Waals surface area contributed by atoms with Gasteiger partial charge < -0.3 is 4.90 Å². The van der Waals surface area contributed by atoms with E-state index in [1.807, 2.05) is 0 Å². The van der Waals surface area contributed by atoms with E-state index in [4.69, 9.17) is 4.89 Å². The molecule has 0 saturated carbocycles. The lowest BCUT2D eigenvalue weighted by molar-refractivity contribution is -0.210. The summed E-state index contributed by atoms with van der Waals surface area (Å²) >= 11 is 0. The number of alkyl halides is 6. The van der Waals surface area contributed by atoms with Crippen molar-refractivity contribution >= 4 is 19.8 Å². The number of hydrogen-bond donors (Lipinski definition) is 1. The minimum absolute atomic E-state index is 0.0157. The summed E-state index contributed by atoms with van der Waals surface area (Å²) in [6, 6.07) is 6.86. The van der Waals surface area contributed by atoms with Crippen LogP contribution in [0.3, 0.4) is 0 Å². The van der Waals surface area contributed by atoms with Gasteiger partial charge in [-0.05, 0) is 12.1 Å². The third-order valence-corrected chi connectivity index (χ3v) is 3.57. The summed E-state index contributed by atoms with van der Waals surface area (Å²) < 4.78 is 91.7. The Kier molecular flexibility index (Phi) is 6.55. The third-order valence-electron chi connectivity index (χ3n) is 3.06. The zero-order chi connectivity index (χ0) is 19.5. The summed E-state index contributed by atoms with van der Waals surface area (Å²) in [5, 5.41) is 0. The second-order valence-electron chi connectivity index (χ2n) is 5.11. The van der Waals surface area contributed by atoms with Crippen LogP contribution in [0.1, 0.15) is 12.8 Å². The smallest absolute Gasteiger partial charge is 0.313 e. The van der Waals surface area contributed by atoms with E-state index in [9.17, 15) is 35.7 Å². The lowest BCUT2D eigenvalue weighted by atomic mass is 9.92. The number of para-hydroxylation sites is 1. The van der Waals surface area contributed by atoms with Crippen molar-refractivity contribution in [2.24, 2.45) is 0 Å². The van der Waals surface area contributed by atoms with E-state index < -0.39 is 45.0 Å². The molecule has 0 saturated heterocycles. The molecule has 140 valence electrons. The van der Waals surface area contributed by atoms with Crippen molar-refractivity contribution < 1.29 is 45.1 Å². The monoisotopic (exact) mass is 392 g/mol. The summed E-state index contributed by atoms with van der Waals surface area (Å²) in [6.45, 7) is 0. The van der Waals surface area contributed by atoms with Gasteiger partial charge in [-0.3, -0.25) is 4.79 Å². The molecule has 0 fully saturated rings. The van der Waals surface area contributed by atoms with Crippen molar-refractivity contribution in [2.45, 2.75) is 30.8 Å². The van der Waals surface area contributed by atoms with Crippen LogP contribution in [0.2, 0.25) is 0 Å². The van der Waals surface area contributed by atoms with Crippen LogP contribution < -0.4 is 4.90 Å². The average molecular weight is 392 g/mol. The fourth-order valence-corrected chi connectivity index (χ4v) is 2.70. The molecule has 12 heteroatoms. The van der Waals surface area contributed by atoms with Crippen LogP contribution in [-0.4, -0.2) is 35.8 Å². The van der Waals surface area contributed by atoms with Gasteiger partial charge in [0.25, 0.3) is 5.91 Å². The van der Waals surface area contributed by atoms with Crippen molar-refractivity contribution in [3.05, 3.63) is 30.3 Å². The Morgan fingerprint density at radius 1 is 1.08 bits per heavy atom. The Bertz CT molecular complexity index is 603. The van der Waals surface area contributed by atoms with E-state index in [-0.39, 0.29) is 5.69 Å². The molecule has 1 N–H and O–H groups in total. The summed E-state index contributed by atoms with van der Waals surface area (Å²) in [5.74, 6) is -1.74. The molecule has 5 nitrogen and oxygen atoms in total. The van der Waals surface area contributed by atoms with Crippen molar-refractivity contribution in [1.29, 1.82) is 0 Å². The highest BCUT2D eigenvalue weighted by Crippen LogP contribution is 2.44. The van der Waals surface area contributed by atoms with E-state index in [1.54, 1.807) is 0 Å². The van der Waals surface area contributed by atoms with Gasteiger partial charge in [0.05, 0.1) is 12.8 Å². The maximum Gasteiger partial charge on any atom is 0.695 e. The van der Waals surface area contributed by atoms with Gasteiger partial charge in [0.1, 0.15) is 0 Å². The van der Waals surface area contributed by atoms with Crippen LogP contribution in [0.4, 0.5) is 32.0 Å². The van der Waals surface area contributed by atoms with E-state index in [1.165, 1.54) is 30.3 Å². The van der Waals surface area contributed by atoms with Gasteiger partial charge in [0.2, 0.25) is 5.60 Å². The normalized spacial score (nSPS) is 13.5. The molecule has 0 heterocycles. The molecule has 0 aliphatic heterocycles. The predicted molar refractivity (Wildman–Crippen MR) is 74.8 cm³/mol. The second-order valence-corrected chi connectivity index (χ2v) is 5.77. The summed E-state index contributed by atoms with van der Waals surface area (Å²) in [7, 11) is -2.98. The Morgan fingerprint density at radius 2 is 1.52 bits per heavy atom. The zero-order valence-corrected chi connectivity index (χ0v) is 13.5. The van der Waals surface area contributed by atoms with Crippen LogP contribution in [-0.2, 0) is 13.9 Å². The number of carbonyl (C=O) groups excluding carboxylic acids is 1. The van der Waals surface area contributed by atoms with Gasteiger partial charge in [0, 0.05) is 17.3 Å². The first-order valence-electron chi connectivity index (χ1n) is 6.58. The second kappa shape index (κ2) is 7.67. The van der Waals surface area contributed by atoms with Crippen molar-refractivity contribution in [3.63, 3.8) is 0 Å². The van der Waals surface area contributed by atoms with E-state index >= 15 is 0 Å². The molecule has 25 heavy (non-hydrogen) atoms. The van der Waals surface area contributed by atoms with Gasteiger partial charge in [-0.25, -0.2) is 0 Å². The molecule has 0 bridgehead atoms. The summed E-state index contributed by atoms with van der Waals surface area (Å²) in [5.41, 5.74) is -3.64. The predicted octanol–water partition coefficient (Wildman–Crippen LogP) is 3.96. The Labute approximate surface area is 139 Å². The maximum atomic E-state index is 12.8. The maximum absolute atomic E-state index is 12.8. The number of hydrogen-bond acceptors (Lipinski definition) is 3. The summed E-state index contributed by atoms with van der Waals surface area (Å²) in [4.78, 5) is 21.7. The Morgan fingerprint density at radius 3 is 1.88 bits per heavy atom. The largest absolute Gasteiger partial charge is 0.695 e. The molecule has 1 aromatic carbocycles. The van der Waals surface area contributed by atoms with Crippen LogP contribution in [0.25, 0.3) is 0 Å². The first-order chi connectivity index (χ1) is 11.3. The minimum atomic E-state index is -5.26. The molecule has 1 unspecified atom stereocenters. The molecule has 1 rings (SSSR count). The van der Waals surface area contributed by atoms with Gasteiger partial charge >= 0.3 is 20.6 Å². The van der Waals surface area contributed by atoms with Crippen LogP contribution in [0.15, 0.2) is 30.3 Å². The molecular weight excluding hydrogens is 379 g/mol. The van der Waals surface area contributed by atoms with E-state index in [2.05, 4.69) is 4.52 Å². The molecule has 0 aliphatic carbocycles. The molecule has 0 aromatic heterocycles. The molecule has 1 aromatic rings. The first-order valence-corrected chi connectivity index (χ1v) is 7.71. The number of benzene rings is 1. The number of nitrogens with zero attached hydrogens (tertiary/aromatic N) is 1. The standard InChI is InChI=1S/C13H12F6NO4P/c1-20(9-5-3-2-4-6-9)10(21)11(24-25(22)23,7-12(14,15)16)8-13(17,18)19/h2-6H,7-8H2,1H3/p+1. The van der Waals surface area contributed by atoms with Crippen molar-refractivity contribution in [3.8, 4) is 0 Å². The highest BCUT2D eigenvalue weighted by atomic mass is 31.1. The quantitative estimate of drug-likeness (QED) is 0.588. The number of rotatable bonds is 6. The number of anilines is 1. The first kappa shape index (κ1) is 21.3. The number of carbonyl (C=O) groups is 1. The topological polar surface area (TPSA) is 66.8 Å². The van der Waals surface area contributed by atoms with E-state index in [0.717, 1.165) is 7.05 Å². The fourth-order valence-electron chi connectivity index (χ4n) is 2.19. The fraction of sp³-hybridized carbons (Fsp3) is 0.462. The molecule has 1 amide bonds. The molecular formula is C13H13F6NO4P+. The van der Waals surface area contributed by atoms with Gasteiger partial charge in [-0.2, -0.15) is 26.3 Å². The van der Waals surface area contributed by atoms with Gasteiger partial charge in [0.15, 0.2) is 0 Å². The van der Waals surface area contributed by atoms with Crippen molar-refractivity contribution in [1.82, 2.24) is 0 Å². The van der Waals surface area contributed by atoms with Crippen LogP contribution in [0, 0.1) is 0 Å². The molecule has 1 atom stereocenters. The molecule has 0 aliphatic rings. The lowest BCUT2D eigenvalue weighted by Crippen LogP contribution is -2.53. The van der Waals surface area contributed by atoms with Crippen molar-refractivity contribution in [2.75, 3.05) is 11.9 Å². The highest BCUT2D eigenvalue weighted by Gasteiger charge is 2.60. The average Bonchev–Trinajstić information content (AvgIpc) is 2.42. The lowest BCUT2D eigenvalue weighted by Gasteiger charge is -2.32. The van der Waals surface area contributed by atoms with Gasteiger partial charge in [-0.15, -0.1) is 9.42 Å². The Hall–Kier alpha value is -1.71. The third kappa shape index (κ3) is 6.60. The van der Waals surface area contributed by atoms with Crippen LogP contribution in [0.5, 0.6) is 0 Å². The van der Waals surface area contributed by atoms with E-state index in [0.29, 0.717) is 4.90 Å². The SMILES string of the molecule is CN(C(=O)C(CC(F)(F)F)(CC(F)(F)F)O[P+](=O)O)c1ccccc1. The number of halogens is 6. The Balaban J connectivity index is 3.39. The number of likely N-dealkylation sites (N-methyl/N-ethyl adjacent to an activating group) is 1.